The molecule has 0 aromatic heterocycles. The Morgan fingerprint density at radius 3 is 2.79 bits per heavy atom. The lowest BCUT2D eigenvalue weighted by Gasteiger charge is -2.05. The van der Waals surface area contributed by atoms with Gasteiger partial charge < -0.3 is 0 Å². The number of benzene rings is 1. The molecule has 0 unspecified atom stereocenters. The third-order valence-electron chi connectivity index (χ3n) is 3.02. The van der Waals surface area contributed by atoms with E-state index in [2.05, 4.69) is 0 Å². The zero-order valence-corrected chi connectivity index (χ0v) is 8.01. The summed E-state index contributed by atoms with van der Waals surface area (Å²) in [6.45, 7) is 0. The van der Waals surface area contributed by atoms with Crippen LogP contribution in [0.4, 0.5) is 10.1 Å². The van der Waals surface area contributed by atoms with Crippen molar-refractivity contribution in [2.45, 2.75) is 18.3 Å². The van der Waals surface area contributed by atoms with Crippen LogP contribution in [0, 0.1) is 5.82 Å². The molecule has 0 bridgehead atoms. The van der Waals surface area contributed by atoms with Crippen molar-refractivity contribution < 1.29 is 9.18 Å². The van der Waals surface area contributed by atoms with Crippen molar-refractivity contribution in [3.63, 3.8) is 0 Å². The van der Waals surface area contributed by atoms with Crippen molar-refractivity contribution in [1.29, 1.82) is 0 Å². The molecule has 2 nitrogen and oxygen atoms in total. The molecule has 1 aromatic rings. The maximum atomic E-state index is 13.0. The minimum absolute atomic E-state index is 0.111. The zero-order chi connectivity index (χ0) is 9.92. The van der Waals surface area contributed by atoms with E-state index < -0.39 is 5.41 Å². The Balaban J connectivity index is 2.27. The van der Waals surface area contributed by atoms with Crippen molar-refractivity contribution >= 4 is 23.4 Å². The molecule has 1 fully saturated rings. The predicted molar refractivity (Wildman–Crippen MR) is 50.7 cm³/mol. The third-order valence-corrected chi connectivity index (χ3v) is 3.36. The van der Waals surface area contributed by atoms with Crippen LogP contribution in [0.5, 0.6) is 0 Å². The first-order valence-electron chi connectivity index (χ1n) is 4.45. The summed E-state index contributed by atoms with van der Waals surface area (Å²) in [7, 11) is 0. The maximum absolute atomic E-state index is 13.0. The average molecular weight is 212 g/mol. The number of anilines is 1. The van der Waals surface area contributed by atoms with Gasteiger partial charge in [-0.05, 0) is 36.6 Å². The summed E-state index contributed by atoms with van der Waals surface area (Å²) < 4.78 is 14.1. The van der Waals surface area contributed by atoms with Crippen molar-refractivity contribution in [2.24, 2.45) is 0 Å². The molecule has 1 aromatic carbocycles. The van der Waals surface area contributed by atoms with E-state index in [-0.39, 0.29) is 11.7 Å². The molecular formula is C10H7ClFNO. The summed E-state index contributed by atoms with van der Waals surface area (Å²) >= 11 is 5.83. The Morgan fingerprint density at radius 1 is 1.43 bits per heavy atom. The fourth-order valence-electron chi connectivity index (χ4n) is 2.08. The lowest BCUT2D eigenvalue weighted by molar-refractivity contribution is -0.119. The SMILES string of the molecule is O=C1N(Cl)c2ccc(F)cc2C12CC2. The molecule has 1 spiro atoms. The normalized spacial score (nSPS) is 21.6. The van der Waals surface area contributed by atoms with E-state index in [1.54, 1.807) is 6.07 Å². The maximum Gasteiger partial charge on any atom is 0.252 e. The Hall–Kier alpha value is -1.09. The van der Waals surface area contributed by atoms with Gasteiger partial charge >= 0.3 is 0 Å². The lowest BCUT2D eigenvalue weighted by atomic mass is 9.98. The minimum atomic E-state index is -0.487. The Bertz CT molecular complexity index is 442. The first-order valence-corrected chi connectivity index (χ1v) is 4.79. The van der Waals surface area contributed by atoms with E-state index >= 15 is 0 Å². The number of hydrogen-bond acceptors (Lipinski definition) is 1. The standard InChI is InChI=1S/C10H7ClFNO/c11-13-8-2-1-6(12)5-7(8)10(3-4-10)9(13)14/h1-2,5H,3-4H2. The highest BCUT2D eigenvalue weighted by Gasteiger charge is 2.59. The van der Waals surface area contributed by atoms with Crippen molar-refractivity contribution in [3.8, 4) is 0 Å². The van der Waals surface area contributed by atoms with E-state index in [4.69, 9.17) is 11.8 Å². The molecule has 14 heavy (non-hydrogen) atoms. The molecule has 0 atom stereocenters. The van der Waals surface area contributed by atoms with Gasteiger partial charge in [0.25, 0.3) is 5.91 Å². The summed E-state index contributed by atoms with van der Waals surface area (Å²) in [5.41, 5.74) is 0.896. The number of amides is 1. The van der Waals surface area contributed by atoms with Gasteiger partial charge in [0, 0.05) is 11.8 Å². The molecule has 1 saturated carbocycles. The number of carbonyl (C=O) groups excluding carboxylic acids is 1. The highest BCUT2D eigenvalue weighted by atomic mass is 35.5. The summed E-state index contributed by atoms with van der Waals surface area (Å²) in [4.78, 5) is 11.7. The van der Waals surface area contributed by atoms with Gasteiger partial charge in [0.15, 0.2) is 0 Å². The second-order valence-corrected chi connectivity index (χ2v) is 4.17. The monoisotopic (exact) mass is 211 g/mol. The van der Waals surface area contributed by atoms with Crippen LogP contribution in [0.2, 0.25) is 0 Å². The summed E-state index contributed by atoms with van der Waals surface area (Å²) in [5.74, 6) is -0.422. The number of halogens is 2. The zero-order valence-electron chi connectivity index (χ0n) is 7.26. The number of carbonyl (C=O) groups is 1. The van der Waals surface area contributed by atoms with Gasteiger partial charge in [-0.25, -0.2) is 8.81 Å². The van der Waals surface area contributed by atoms with Crippen LogP contribution < -0.4 is 4.42 Å². The minimum Gasteiger partial charge on any atom is -0.272 e. The highest BCUT2D eigenvalue weighted by Crippen LogP contribution is 2.57. The fourth-order valence-corrected chi connectivity index (χ4v) is 2.39. The van der Waals surface area contributed by atoms with Crippen LogP contribution in [-0.2, 0) is 10.2 Å². The van der Waals surface area contributed by atoms with Crippen LogP contribution >= 0.6 is 11.8 Å². The quantitative estimate of drug-likeness (QED) is 0.604. The largest absolute Gasteiger partial charge is 0.272 e. The first kappa shape index (κ1) is 8.24. The van der Waals surface area contributed by atoms with Crippen molar-refractivity contribution in [1.82, 2.24) is 0 Å². The third kappa shape index (κ3) is 0.786. The lowest BCUT2D eigenvalue weighted by Crippen LogP contribution is -2.23. The van der Waals surface area contributed by atoms with Gasteiger partial charge in [0.2, 0.25) is 0 Å². The predicted octanol–water partition coefficient (Wildman–Crippen LogP) is 2.36. The number of hydrogen-bond donors (Lipinski definition) is 0. The topological polar surface area (TPSA) is 20.3 Å². The Kier molecular flexibility index (Phi) is 1.34. The van der Waals surface area contributed by atoms with E-state index in [1.807, 2.05) is 0 Å². The van der Waals surface area contributed by atoms with Crippen molar-refractivity contribution in [2.75, 3.05) is 4.42 Å². The number of rotatable bonds is 0. The van der Waals surface area contributed by atoms with Gasteiger partial charge in [-0.3, -0.25) is 4.79 Å². The molecule has 1 aliphatic heterocycles. The van der Waals surface area contributed by atoms with Crippen LogP contribution in [0.15, 0.2) is 18.2 Å². The van der Waals surface area contributed by atoms with Crippen LogP contribution in [-0.4, -0.2) is 5.91 Å². The van der Waals surface area contributed by atoms with E-state index in [1.165, 1.54) is 12.1 Å². The first-order chi connectivity index (χ1) is 6.65. The molecule has 1 heterocycles. The smallest absolute Gasteiger partial charge is 0.252 e. The number of nitrogens with zero attached hydrogens (tertiary/aromatic N) is 1. The summed E-state index contributed by atoms with van der Waals surface area (Å²) in [5, 5.41) is 0. The Labute approximate surface area is 85.4 Å². The van der Waals surface area contributed by atoms with Gasteiger partial charge in [-0.2, -0.15) is 0 Å². The second kappa shape index (κ2) is 2.28. The Morgan fingerprint density at radius 2 is 2.14 bits per heavy atom. The van der Waals surface area contributed by atoms with Crippen LogP contribution in [0.1, 0.15) is 18.4 Å². The van der Waals surface area contributed by atoms with Crippen molar-refractivity contribution in [3.05, 3.63) is 29.6 Å². The highest BCUT2D eigenvalue weighted by molar-refractivity contribution is 6.40. The molecule has 4 heteroatoms. The van der Waals surface area contributed by atoms with Crippen LogP contribution in [0.3, 0.4) is 0 Å². The summed E-state index contributed by atoms with van der Waals surface area (Å²) in [6.07, 6.45) is 1.57. The molecule has 1 aliphatic carbocycles. The molecule has 0 N–H and O–H groups in total. The molecule has 0 radical (unpaired) electrons. The fraction of sp³-hybridized carbons (Fsp3) is 0.300. The van der Waals surface area contributed by atoms with Gasteiger partial charge in [0.05, 0.1) is 11.1 Å². The molecular weight excluding hydrogens is 205 g/mol. The molecule has 1 amide bonds. The van der Waals surface area contributed by atoms with Gasteiger partial charge in [-0.1, -0.05) is 0 Å². The van der Waals surface area contributed by atoms with E-state index in [0.717, 1.165) is 22.8 Å². The number of fused-ring (bicyclic) bond motifs is 2. The molecule has 3 rings (SSSR count). The van der Waals surface area contributed by atoms with E-state index in [0.29, 0.717) is 5.69 Å². The van der Waals surface area contributed by atoms with Gasteiger partial charge in [-0.15, -0.1) is 0 Å². The molecule has 0 saturated heterocycles. The molecule has 2 aliphatic rings. The molecule has 72 valence electrons. The summed E-state index contributed by atoms with van der Waals surface area (Å²) in [6, 6.07) is 4.30. The van der Waals surface area contributed by atoms with Crippen LogP contribution in [0.25, 0.3) is 0 Å². The van der Waals surface area contributed by atoms with E-state index in [9.17, 15) is 9.18 Å². The average Bonchev–Trinajstić information content (AvgIpc) is 2.93. The van der Waals surface area contributed by atoms with Gasteiger partial charge in [0.1, 0.15) is 5.82 Å². The second-order valence-electron chi connectivity index (χ2n) is 3.83.